The molecule has 0 saturated heterocycles. The van der Waals surface area contributed by atoms with Gasteiger partial charge in [0.05, 0.1) is 22.7 Å². The molecule has 1 aromatic carbocycles. The number of aromatic nitrogens is 3. The van der Waals surface area contributed by atoms with Gasteiger partial charge in [0, 0.05) is 11.8 Å². The van der Waals surface area contributed by atoms with Crippen LogP contribution in [0.1, 0.15) is 47.2 Å². The highest BCUT2D eigenvalue weighted by Crippen LogP contribution is 2.36. The van der Waals surface area contributed by atoms with Crippen LogP contribution in [0.4, 0.5) is 4.39 Å². The molecular weight excluding hydrogens is 327 g/mol. The van der Waals surface area contributed by atoms with E-state index in [1.165, 1.54) is 12.1 Å². The number of nitrogens with zero attached hydrogens (tertiary/aromatic N) is 3. The minimum absolute atomic E-state index is 0.227. The molecule has 0 unspecified atom stereocenters. The maximum absolute atomic E-state index is 12.9. The number of nitrogens with two attached hydrogens (primary N) is 1. The number of hydrogen-bond acceptors (Lipinski definition) is 6. The van der Waals surface area contributed by atoms with Gasteiger partial charge in [-0.05, 0) is 37.0 Å². The summed E-state index contributed by atoms with van der Waals surface area (Å²) in [5.41, 5.74) is 7.73. The number of halogens is 1. The Hall–Kier alpha value is -2.12. The maximum Gasteiger partial charge on any atom is 0.232 e. The van der Waals surface area contributed by atoms with E-state index in [1.807, 2.05) is 5.38 Å². The van der Waals surface area contributed by atoms with Crippen LogP contribution in [0.25, 0.3) is 0 Å². The van der Waals surface area contributed by atoms with Crippen molar-refractivity contribution in [2.45, 2.75) is 37.6 Å². The summed E-state index contributed by atoms with van der Waals surface area (Å²) in [5, 5.41) is 6.99. The Balaban J connectivity index is 1.42. The van der Waals surface area contributed by atoms with Gasteiger partial charge < -0.3 is 10.3 Å². The molecule has 0 amide bonds. The van der Waals surface area contributed by atoms with Crippen LogP contribution in [0.3, 0.4) is 0 Å². The lowest BCUT2D eigenvalue weighted by atomic mass is 9.77. The van der Waals surface area contributed by atoms with Crippen molar-refractivity contribution in [2.75, 3.05) is 0 Å². The maximum atomic E-state index is 12.9. The predicted molar refractivity (Wildman–Crippen MR) is 88.1 cm³/mol. The molecule has 1 saturated carbocycles. The van der Waals surface area contributed by atoms with E-state index in [-0.39, 0.29) is 5.82 Å². The Morgan fingerprint density at radius 2 is 1.96 bits per heavy atom. The van der Waals surface area contributed by atoms with Gasteiger partial charge in [-0.2, -0.15) is 4.98 Å². The quantitative estimate of drug-likeness (QED) is 0.769. The number of thiazole rings is 1. The van der Waals surface area contributed by atoms with Gasteiger partial charge in [0.2, 0.25) is 5.89 Å². The minimum atomic E-state index is -0.405. The van der Waals surface area contributed by atoms with Crippen molar-refractivity contribution < 1.29 is 8.91 Å². The fraction of sp³-hybridized carbons (Fsp3) is 0.353. The molecule has 24 heavy (non-hydrogen) atoms. The molecule has 0 atom stereocenters. The van der Waals surface area contributed by atoms with Gasteiger partial charge in [0.15, 0.2) is 5.82 Å². The second-order valence-corrected chi connectivity index (χ2v) is 7.18. The summed E-state index contributed by atoms with van der Waals surface area (Å²) >= 11 is 1.58. The topological polar surface area (TPSA) is 77.8 Å². The standard InChI is InChI=1S/C17H17FN4OS/c18-12-4-2-11(3-5-12)8-15-20-13(10-24-15)9-14-21-16(22-23-14)17(19)6-1-7-17/h2-5,10H,1,6-9,19H2. The van der Waals surface area contributed by atoms with Crippen LogP contribution in [0.2, 0.25) is 0 Å². The number of hydrogen-bond donors (Lipinski definition) is 1. The first-order valence-corrected chi connectivity index (χ1v) is 8.78. The zero-order valence-electron chi connectivity index (χ0n) is 13.0. The monoisotopic (exact) mass is 344 g/mol. The van der Waals surface area contributed by atoms with Gasteiger partial charge in [-0.25, -0.2) is 9.37 Å². The fourth-order valence-electron chi connectivity index (χ4n) is 2.75. The molecule has 124 valence electrons. The third-order valence-electron chi connectivity index (χ3n) is 4.36. The summed E-state index contributed by atoms with van der Waals surface area (Å²) in [7, 11) is 0. The Kier molecular flexibility index (Phi) is 3.90. The highest BCUT2D eigenvalue weighted by molar-refractivity contribution is 7.09. The van der Waals surface area contributed by atoms with Gasteiger partial charge in [0.25, 0.3) is 0 Å². The molecule has 5 nitrogen and oxygen atoms in total. The summed E-state index contributed by atoms with van der Waals surface area (Å²) in [6.45, 7) is 0. The van der Waals surface area contributed by atoms with Crippen LogP contribution in [0, 0.1) is 5.82 Å². The summed E-state index contributed by atoms with van der Waals surface area (Å²) in [6, 6.07) is 6.49. The van der Waals surface area contributed by atoms with Crippen LogP contribution in [-0.2, 0) is 18.4 Å². The minimum Gasteiger partial charge on any atom is -0.339 e. The highest BCUT2D eigenvalue weighted by Gasteiger charge is 2.38. The van der Waals surface area contributed by atoms with Gasteiger partial charge >= 0.3 is 0 Å². The van der Waals surface area contributed by atoms with Gasteiger partial charge in [-0.1, -0.05) is 17.3 Å². The summed E-state index contributed by atoms with van der Waals surface area (Å²) in [6.07, 6.45) is 4.11. The zero-order chi connectivity index (χ0) is 16.6. The second kappa shape index (κ2) is 6.07. The average Bonchev–Trinajstić information content (AvgIpc) is 3.18. The third kappa shape index (κ3) is 3.09. The van der Waals surface area contributed by atoms with E-state index in [2.05, 4.69) is 15.1 Å². The molecule has 0 aliphatic heterocycles. The van der Waals surface area contributed by atoms with Gasteiger partial charge in [-0.3, -0.25) is 0 Å². The molecule has 1 aliphatic rings. The summed E-state index contributed by atoms with van der Waals surface area (Å²) < 4.78 is 18.3. The smallest absolute Gasteiger partial charge is 0.232 e. The molecule has 4 rings (SSSR count). The van der Waals surface area contributed by atoms with Gasteiger partial charge in [0.1, 0.15) is 5.82 Å². The van der Waals surface area contributed by atoms with E-state index in [9.17, 15) is 4.39 Å². The molecule has 2 aromatic heterocycles. The van der Waals surface area contributed by atoms with Crippen molar-refractivity contribution in [3.8, 4) is 0 Å². The van der Waals surface area contributed by atoms with Crippen LogP contribution in [0.15, 0.2) is 34.2 Å². The Morgan fingerprint density at radius 3 is 2.67 bits per heavy atom. The van der Waals surface area contributed by atoms with Crippen molar-refractivity contribution in [1.29, 1.82) is 0 Å². The highest BCUT2D eigenvalue weighted by atomic mass is 32.1. The number of benzene rings is 1. The first-order chi connectivity index (χ1) is 11.6. The van der Waals surface area contributed by atoms with Crippen molar-refractivity contribution >= 4 is 11.3 Å². The molecule has 0 bridgehead atoms. The second-order valence-electron chi connectivity index (χ2n) is 6.23. The molecular formula is C17H17FN4OS. The van der Waals surface area contributed by atoms with E-state index in [1.54, 1.807) is 23.5 Å². The van der Waals surface area contributed by atoms with Crippen LogP contribution in [-0.4, -0.2) is 15.1 Å². The van der Waals surface area contributed by atoms with E-state index < -0.39 is 5.54 Å². The Bertz CT molecular complexity index is 838. The van der Waals surface area contributed by atoms with Crippen LogP contribution in [0.5, 0.6) is 0 Å². The zero-order valence-corrected chi connectivity index (χ0v) is 13.9. The Morgan fingerprint density at radius 1 is 1.17 bits per heavy atom. The van der Waals surface area contributed by atoms with E-state index in [4.69, 9.17) is 10.3 Å². The van der Waals surface area contributed by atoms with Crippen LogP contribution < -0.4 is 5.73 Å². The first-order valence-electron chi connectivity index (χ1n) is 7.90. The number of rotatable bonds is 5. The molecule has 0 radical (unpaired) electrons. The van der Waals surface area contributed by atoms with Crippen molar-refractivity contribution in [2.24, 2.45) is 5.73 Å². The van der Waals surface area contributed by atoms with E-state index >= 15 is 0 Å². The van der Waals surface area contributed by atoms with E-state index in [0.29, 0.717) is 24.6 Å². The average molecular weight is 344 g/mol. The molecule has 2 heterocycles. The predicted octanol–water partition coefficient (Wildman–Crippen LogP) is 3.18. The van der Waals surface area contributed by atoms with Crippen molar-refractivity contribution in [1.82, 2.24) is 15.1 Å². The largest absolute Gasteiger partial charge is 0.339 e. The SMILES string of the molecule is NC1(c2noc(Cc3csc(Cc4ccc(F)cc4)n3)n2)CCC1. The third-order valence-corrected chi connectivity index (χ3v) is 5.26. The molecule has 3 aromatic rings. The lowest BCUT2D eigenvalue weighted by molar-refractivity contribution is 0.229. The molecule has 0 spiro atoms. The normalized spacial score (nSPS) is 16.1. The summed E-state index contributed by atoms with van der Waals surface area (Å²) in [4.78, 5) is 9.02. The lowest BCUT2D eigenvalue weighted by Gasteiger charge is -2.34. The van der Waals surface area contributed by atoms with Crippen molar-refractivity contribution in [3.63, 3.8) is 0 Å². The van der Waals surface area contributed by atoms with Gasteiger partial charge in [-0.15, -0.1) is 11.3 Å². The summed E-state index contributed by atoms with van der Waals surface area (Å²) in [5.74, 6) is 0.917. The van der Waals surface area contributed by atoms with Crippen LogP contribution >= 0.6 is 11.3 Å². The molecule has 1 aliphatic carbocycles. The van der Waals surface area contributed by atoms with Crippen molar-refractivity contribution in [3.05, 3.63) is 63.4 Å². The molecule has 2 N–H and O–H groups in total. The fourth-order valence-corrected chi connectivity index (χ4v) is 3.58. The first kappa shape index (κ1) is 15.4. The molecule has 1 fully saturated rings. The van der Waals surface area contributed by atoms with E-state index in [0.717, 1.165) is 35.5 Å². The molecule has 7 heteroatoms. The Labute approximate surface area is 142 Å². The lowest BCUT2D eigenvalue weighted by Crippen LogP contribution is -2.44.